The summed E-state index contributed by atoms with van der Waals surface area (Å²) in [5.41, 5.74) is 6.63. The standard InChI is InChI=1S/C20H20N4O3S/c1-3-24-19(27)15-6-4-5-7-16(15)23-20(24)28-12(2)18(26)22-14-10-8-13(9-11-14)17(21)25/h4-12H,3H2,1-2H3,(H2,21,25)(H,22,26)/t12-/m0/s1. The number of nitrogens with one attached hydrogen (secondary N) is 1. The minimum atomic E-state index is -0.526. The van der Waals surface area contributed by atoms with E-state index in [9.17, 15) is 14.4 Å². The van der Waals surface area contributed by atoms with Crippen molar-refractivity contribution in [2.75, 3.05) is 5.32 Å². The molecule has 0 saturated carbocycles. The van der Waals surface area contributed by atoms with Gasteiger partial charge in [-0.15, -0.1) is 0 Å². The number of fused-ring (bicyclic) bond motifs is 1. The summed E-state index contributed by atoms with van der Waals surface area (Å²) in [5.74, 6) is -0.761. The number of benzene rings is 2. The molecule has 2 amide bonds. The molecule has 0 spiro atoms. The van der Waals surface area contributed by atoms with Crippen molar-refractivity contribution < 1.29 is 9.59 Å². The van der Waals surface area contributed by atoms with Gasteiger partial charge in [0.25, 0.3) is 5.56 Å². The first-order valence-corrected chi connectivity index (χ1v) is 9.65. The molecule has 7 nitrogen and oxygen atoms in total. The van der Waals surface area contributed by atoms with E-state index in [-0.39, 0.29) is 11.5 Å². The number of para-hydroxylation sites is 1. The molecule has 2 aromatic carbocycles. The van der Waals surface area contributed by atoms with E-state index in [1.165, 1.54) is 11.8 Å². The van der Waals surface area contributed by atoms with Crippen molar-refractivity contribution >= 4 is 40.2 Å². The summed E-state index contributed by atoms with van der Waals surface area (Å²) in [7, 11) is 0. The van der Waals surface area contributed by atoms with E-state index < -0.39 is 11.2 Å². The van der Waals surface area contributed by atoms with Crippen LogP contribution in [0.5, 0.6) is 0 Å². The van der Waals surface area contributed by atoms with Crippen LogP contribution in [0.25, 0.3) is 10.9 Å². The topological polar surface area (TPSA) is 107 Å². The summed E-state index contributed by atoms with van der Waals surface area (Å²) in [6, 6.07) is 13.5. The molecule has 0 aliphatic heterocycles. The van der Waals surface area contributed by atoms with Gasteiger partial charge in [-0.2, -0.15) is 0 Å². The van der Waals surface area contributed by atoms with Crippen molar-refractivity contribution in [2.24, 2.45) is 5.73 Å². The molecule has 28 heavy (non-hydrogen) atoms. The van der Waals surface area contributed by atoms with E-state index in [0.717, 1.165) is 0 Å². The molecule has 0 unspecified atom stereocenters. The Morgan fingerprint density at radius 1 is 1.18 bits per heavy atom. The number of aromatic nitrogens is 2. The van der Waals surface area contributed by atoms with Crippen LogP contribution >= 0.6 is 11.8 Å². The average Bonchev–Trinajstić information content (AvgIpc) is 2.68. The van der Waals surface area contributed by atoms with Crippen LogP contribution in [0.4, 0.5) is 5.69 Å². The van der Waals surface area contributed by atoms with Crippen molar-refractivity contribution in [2.45, 2.75) is 30.8 Å². The number of primary amides is 1. The van der Waals surface area contributed by atoms with E-state index in [1.54, 1.807) is 54.0 Å². The first-order chi connectivity index (χ1) is 13.4. The van der Waals surface area contributed by atoms with Crippen LogP contribution in [0.2, 0.25) is 0 Å². The number of anilines is 1. The van der Waals surface area contributed by atoms with E-state index in [4.69, 9.17) is 5.73 Å². The lowest BCUT2D eigenvalue weighted by Crippen LogP contribution is -2.26. The fourth-order valence-corrected chi connectivity index (χ4v) is 3.66. The highest BCUT2D eigenvalue weighted by atomic mass is 32.2. The van der Waals surface area contributed by atoms with Gasteiger partial charge in [-0.25, -0.2) is 4.98 Å². The van der Waals surface area contributed by atoms with Gasteiger partial charge < -0.3 is 11.1 Å². The van der Waals surface area contributed by atoms with Crippen molar-refractivity contribution in [3.63, 3.8) is 0 Å². The average molecular weight is 396 g/mol. The summed E-state index contributed by atoms with van der Waals surface area (Å²) >= 11 is 1.22. The van der Waals surface area contributed by atoms with Crippen LogP contribution in [-0.4, -0.2) is 26.6 Å². The summed E-state index contributed by atoms with van der Waals surface area (Å²) < 4.78 is 1.57. The number of hydrogen-bond acceptors (Lipinski definition) is 5. The zero-order chi connectivity index (χ0) is 20.3. The molecule has 3 aromatic rings. The number of thioether (sulfide) groups is 1. The summed E-state index contributed by atoms with van der Waals surface area (Å²) in [5, 5.41) is 3.36. The number of amides is 2. The molecule has 0 aliphatic carbocycles. The maximum atomic E-state index is 12.7. The number of carbonyl (C=O) groups excluding carboxylic acids is 2. The Kier molecular flexibility index (Phi) is 5.79. The van der Waals surface area contributed by atoms with Gasteiger partial charge in [-0.1, -0.05) is 23.9 Å². The lowest BCUT2D eigenvalue weighted by molar-refractivity contribution is -0.115. The number of carbonyl (C=O) groups is 2. The van der Waals surface area contributed by atoms with Gasteiger partial charge in [0, 0.05) is 17.8 Å². The van der Waals surface area contributed by atoms with E-state index in [1.807, 2.05) is 13.0 Å². The van der Waals surface area contributed by atoms with Crippen molar-refractivity contribution in [1.82, 2.24) is 9.55 Å². The van der Waals surface area contributed by atoms with Gasteiger partial charge in [0.2, 0.25) is 11.8 Å². The first-order valence-electron chi connectivity index (χ1n) is 8.77. The second-order valence-corrected chi connectivity index (χ2v) is 7.46. The van der Waals surface area contributed by atoms with E-state index >= 15 is 0 Å². The molecule has 0 bridgehead atoms. The highest BCUT2D eigenvalue weighted by Crippen LogP contribution is 2.23. The van der Waals surface area contributed by atoms with Crippen LogP contribution in [0.3, 0.4) is 0 Å². The van der Waals surface area contributed by atoms with Gasteiger partial charge >= 0.3 is 0 Å². The molecular formula is C20H20N4O3S. The summed E-state index contributed by atoms with van der Waals surface area (Å²) in [4.78, 5) is 40.9. The third-order valence-corrected chi connectivity index (χ3v) is 5.32. The van der Waals surface area contributed by atoms with Crippen LogP contribution < -0.4 is 16.6 Å². The minimum absolute atomic E-state index is 0.120. The number of rotatable bonds is 6. The smallest absolute Gasteiger partial charge is 0.262 e. The molecule has 0 radical (unpaired) electrons. The Hall–Kier alpha value is -3.13. The Balaban J connectivity index is 1.80. The first kappa shape index (κ1) is 19.6. The molecule has 144 valence electrons. The van der Waals surface area contributed by atoms with Crippen molar-refractivity contribution in [3.8, 4) is 0 Å². The lowest BCUT2D eigenvalue weighted by Gasteiger charge is -2.15. The molecule has 0 saturated heterocycles. The Morgan fingerprint density at radius 3 is 2.50 bits per heavy atom. The Bertz CT molecular complexity index is 1090. The number of nitrogens with two attached hydrogens (primary N) is 1. The number of nitrogens with zero attached hydrogens (tertiary/aromatic N) is 2. The molecule has 3 N–H and O–H groups in total. The predicted molar refractivity (Wildman–Crippen MR) is 111 cm³/mol. The van der Waals surface area contributed by atoms with Gasteiger partial charge in [0.05, 0.1) is 16.2 Å². The maximum Gasteiger partial charge on any atom is 0.262 e. The van der Waals surface area contributed by atoms with Gasteiger partial charge in [0.1, 0.15) is 0 Å². The highest BCUT2D eigenvalue weighted by Gasteiger charge is 2.19. The largest absolute Gasteiger partial charge is 0.366 e. The van der Waals surface area contributed by atoms with Crippen LogP contribution in [0, 0.1) is 0 Å². The molecular weight excluding hydrogens is 376 g/mol. The van der Waals surface area contributed by atoms with E-state index in [0.29, 0.717) is 33.9 Å². The second kappa shape index (κ2) is 8.26. The highest BCUT2D eigenvalue weighted by molar-refractivity contribution is 8.00. The normalized spacial score (nSPS) is 11.9. The predicted octanol–water partition coefficient (Wildman–Crippen LogP) is 2.63. The lowest BCUT2D eigenvalue weighted by atomic mass is 10.2. The maximum absolute atomic E-state index is 12.7. The third kappa shape index (κ3) is 4.07. The molecule has 8 heteroatoms. The molecule has 1 heterocycles. The summed E-state index contributed by atoms with van der Waals surface area (Å²) in [6.07, 6.45) is 0. The van der Waals surface area contributed by atoms with Crippen LogP contribution in [0.15, 0.2) is 58.5 Å². The SMILES string of the molecule is CCn1c(S[C@@H](C)C(=O)Nc2ccc(C(N)=O)cc2)nc2ccccc2c1=O. The Morgan fingerprint density at radius 2 is 1.86 bits per heavy atom. The third-order valence-electron chi connectivity index (χ3n) is 4.23. The fraction of sp³-hybridized carbons (Fsp3) is 0.200. The minimum Gasteiger partial charge on any atom is -0.366 e. The monoisotopic (exact) mass is 396 g/mol. The Labute approximate surface area is 166 Å². The quantitative estimate of drug-likeness (QED) is 0.492. The molecule has 0 aliphatic rings. The van der Waals surface area contributed by atoms with Gasteiger partial charge in [-0.3, -0.25) is 19.0 Å². The molecule has 3 rings (SSSR count). The van der Waals surface area contributed by atoms with E-state index in [2.05, 4.69) is 10.3 Å². The van der Waals surface area contributed by atoms with Crippen molar-refractivity contribution in [3.05, 3.63) is 64.4 Å². The molecule has 1 aromatic heterocycles. The van der Waals surface area contributed by atoms with Gasteiger partial charge in [0.15, 0.2) is 5.16 Å². The van der Waals surface area contributed by atoms with Crippen LogP contribution in [-0.2, 0) is 11.3 Å². The van der Waals surface area contributed by atoms with Gasteiger partial charge in [-0.05, 0) is 50.2 Å². The fourth-order valence-electron chi connectivity index (χ4n) is 2.69. The number of hydrogen-bond donors (Lipinski definition) is 2. The summed E-state index contributed by atoms with van der Waals surface area (Å²) in [6.45, 7) is 4.08. The zero-order valence-corrected chi connectivity index (χ0v) is 16.3. The molecule has 1 atom stereocenters. The van der Waals surface area contributed by atoms with Crippen LogP contribution in [0.1, 0.15) is 24.2 Å². The van der Waals surface area contributed by atoms with Crippen molar-refractivity contribution in [1.29, 1.82) is 0 Å². The molecule has 0 fully saturated rings. The zero-order valence-electron chi connectivity index (χ0n) is 15.5. The second-order valence-electron chi connectivity index (χ2n) is 6.15.